The van der Waals surface area contributed by atoms with Gasteiger partial charge in [0.05, 0.1) is 15.8 Å². The Kier molecular flexibility index (Phi) is 2.83. The highest BCUT2D eigenvalue weighted by Crippen LogP contribution is 2.56. The average molecular weight is 359 g/mol. The summed E-state index contributed by atoms with van der Waals surface area (Å²) in [5.41, 5.74) is 1.14. The maximum atomic E-state index is 12.7. The Morgan fingerprint density at radius 3 is 2.08 bits per heavy atom. The van der Waals surface area contributed by atoms with E-state index in [0.717, 1.165) is 0 Å². The summed E-state index contributed by atoms with van der Waals surface area (Å²) in [5.74, 6) is 0.332. The minimum absolute atomic E-state index is 0.0286. The van der Waals surface area contributed by atoms with Gasteiger partial charge in [-0.2, -0.15) is 0 Å². The number of ether oxygens (including phenoxy) is 2. The zero-order valence-electron chi connectivity index (χ0n) is 13.3. The molecule has 2 aliphatic heterocycles. The van der Waals surface area contributed by atoms with E-state index in [0.29, 0.717) is 38.9 Å². The molecule has 0 bridgehead atoms. The number of rotatable bonds is 0. The third-order valence-electron chi connectivity index (χ3n) is 4.80. The van der Waals surface area contributed by atoms with Gasteiger partial charge in [0.25, 0.3) is 0 Å². The molecule has 0 aromatic heterocycles. The molecule has 0 saturated heterocycles. The predicted molar refractivity (Wildman–Crippen MR) is 93.4 cm³/mol. The molecule has 2 aliphatic rings. The Labute approximate surface area is 151 Å². The lowest BCUT2D eigenvalue weighted by Gasteiger charge is -2.36. The first-order chi connectivity index (χ1) is 12.5. The van der Waals surface area contributed by atoms with Crippen LogP contribution in [0.25, 0.3) is 0 Å². The van der Waals surface area contributed by atoms with Crippen molar-refractivity contribution in [2.45, 2.75) is 5.60 Å². The first-order valence-corrected chi connectivity index (χ1v) is 8.44. The van der Waals surface area contributed by atoms with Gasteiger partial charge >= 0.3 is 5.97 Å². The van der Waals surface area contributed by atoms with Gasteiger partial charge in [0, 0.05) is 28.8 Å². The van der Waals surface area contributed by atoms with Gasteiger partial charge in [0.15, 0.2) is 5.60 Å². The van der Waals surface area contributed by atoms with Crippen molar-refractivity contribution in [2.75, 3.05) is 0 Å². The van der Waals surface area contributed by atoms with Crippen LogP contribution in [0.3, 0.4) is 0 Å². The van der Waals surface area contributed by atoms with Crippen molar-refractivity contribution in [1.29, 1.82) is 0 Å². The largest absolute Gasteiger partial charge is 0.508 e. The summed E-state index contributed by atoms with van der Waals surface area (Å²) < 4.78 is 11.8. The summed E-state index contributed by atoms with van der Waals surface area (Å²) in [6, 6.07) is 14.8. The number of carbonyl (C=O) groups excluding carboxylic acids is 1. The number of phenols is 2. The number of aromatic hydroxyl groups is 2. The van der Waals surface area contributed by atoms with Gasteiger partial charge in [-0.3, -0.25) is 0 Å². The lowest BCUT2D eigenvalue weighted by Crippen LogP contribution is -2.33. The molecule has 1 spiro atoms. The molecule has 0 amide bonds. The molecule has 0 aliphatic carbocycles. The average Bonchev–Trinajstić information content (AvgIpc) is 2.89. The van der Waals surface area contributed by atoms with Crippen molar-refractivity contribution in [2.24, 2.45) is 0 Å². The SMILES string of the molecule is O=C1OC2(c3ccc(O)cc3Oc3cc(O)ccc32)c2cccc([Si])c21. The maximum Gasteiger partial charge on any atom is 0.340 e. The zero-order valence-corrected chi connectivity index (χ0v) is 14.3. The van der Waals surface area contributed by atoms with Crippen molar-refractivity contribution in [3.05, 3.63) is 76.9 Å². The number of hydrogen-bond donors (Lipinski definition) is 2. The smallest absolute Gasteiger partial charge is 0.340 e. The molecule has 2 heterocycles. The minimum Gasteiger partial charge on any atom is -0.508 e. The Morgan fingerprint density at radius 1 is 0.846 bits per heavy atom. The molecule has 6 heteroatoms. The number of phenolic OH excluding ortho intramolecular Hbond substituents is 2. The van der Waals surface area contributed by atoms with Crippen molar-refractivity contribution in [3.63, 3.8) is 0 Å². The second-order valence-electron chi connectivity index (χ2n) is 6.26. The van der Waals surface area contributed by atoms with Crippen LogP contribution in [0.5, 0.6) is 23.0 Å². The first kappa shape index (κ1) is 15.0. The van der Waals surface area contributed by atoms with Crippen LogP contribution < -0.4 is 9.92 Å². The Bertz CT molecular complexity index is 1050. The second kappa shape index (κ2) is 4.89. The molecule has 3 aromatic carbocycles. The van der Waals surface area contributed by atoms with E-state index in [1.807, 2.05) is 12.1 Å². The molecule has 2 N–H and O–H groups in total. The van der Waals surface area contributed by atoms with E-state index in [9.17, 15) is 15.0 Å². The summed E-state index contributed by atoms with van der Waals surface area (Å²) in [6.45, 7) is 0. The standard InChI is InChI=1S/C20H11O5Si/c21-10-4-6-12-15(8-10)24-16-9-11(22)5-7-13(16)20(12)14-2-1-3-17(26)18(14)19(23)25-20/h1-9,21-22H. The Balaban J connectivity index is 1.92. The third kappa shape index (κ3) is 1.76. The lowest BCUT2D eigenvalue weighted by molar-refractivity contribution is 0.0225. The minimum atomic E-state index is -1.21. The molecule has 0 saturated carbocycles. The number of fused-ring (bicyclic) bond motifs is 6. The quantitative estimate of drug-likeness (QED) is 0.476. The van der Waals surface area contributed by atoms with Crippen molar-refractivity contribution in [3.8, 4) is 23.0 Å². The van der Waals surface area contributed by atoms with E-state index in [1.54, 1.807) is 18.2 Å². The van der Waals surface area contributed by atoms with Crippen molar-refractivity contribution >= 4 is 21.4 Å². The van der Waals surface area contributed by atoms with E-state index >= 15 is 0 Å². The molecule has 0 fully saturated rings. The molecule has 3 aromatic rings. The van der Waals surface area contributed by atoms with Crippen molar-refractivity contribution < 1.29 is 24.5 Å². The van der Waals surface area contributed by atoms with Crippen LogP contribution in [0, 0.1) is 0 Å². The van der Waals surface area contributed by atoms with Crippen LogP contribution in [-0.2, 0) is 10.3 Å². The second-order valence-corrected chi connectivity index (χ2v) is 6.80. The molecular weight excluding hydrogens is 348 g/mol. The van der Waals surface area contributed by atoms with E-state index in [4.69, 9.17) is 9.47 Å². The topological polar surface area (TPSA) is 76.0 Å². The number of esters is 1. The first-order valence-electron chi connectivity index (χ1n) is 7.94. The summed E-state index contributed by atoms with van der Waals surface area (Å²) in [4.78, 5) is 12.7. The van der Waals surface area contributed by atoms with E-state index in [2.05, 4.69) is 10.2 Å². The maximum absolute atomic E-state index is 12.7. The highest BCUT2D eigenvalue weighted by Gasteiger charge is 2.53. The van der Waals surface area contributed by atoms with Crippen LogP contribution in [0.15, 0.2) is 54.6 Å². The fraction of sp³-hybridized carbons (Fsp3) is 0.0500. The molecule has 0 atom stereocenters. The van der Waals surface area contributed by atoms with Gasteiger partial charge < -0.3 is 19.7 Å². The zero-order chi connectivity index (χ0) is 18.1. The van der Waals surface area contributed by atoms with Crippen LogP contribution in [0.1, 0.15) is 27.0 Å². The molecule has 5 nitrogen and oxygen atoms in total. The van der Waals surface area contributed by atoms with Crippen LogP contribution in [0.2, 0.25) is 0 Å². The van der Waals surface area contributed by atoms with Gasteiger partial charge in [0.2, 0.25) is 0 Å². The lowest BCUT2D eigenvalue weighted by atomic mass is 9.77. The van der Waals surface area contributed by atoms with Crippen LogP contribution in [0.4, 0.5) is 0 Å². The normalized spacial score (nSPS) is 15.7. The van der Waals surface area contributed by atoms with E-state index in [-0.39, 0.29) is 11.5 Å². The number of benzene rings is 3. The van der Waals surface area contributed by atoms with Crippen LogP contribution >= 0.6 is 0 Å². The number of hydrogen-bond acceptors (Lipinski definition) is 5. The highest BCUT2D eigenvalue weighted by molar-refractivity contribution is 6.36. The van der Waals surface area contributed by atoms with Crippen LogP contribution in [-0.4, -0.2) is 26.4 Å². The summed E-state index contributed by atoms with van der Waals surface area (Å²) in [6.07, 6.45) is 0. The fourth-order valence-corrected chi connectivity index (χ4v) is 4.08. The van der Waals surface area contributed by atoms with Gasteiger partial charge in [0.1, 0.15) is 23.0 Å². The molecule has 0 unspecified atom stereocenters. The molecule has 5 rings (SSSR count). The van der Waals surface area contributed by atoms with Gasteiger partial charge in [-0.1, -0.05) is 23.4 Å². The summed E-state index contributed by atoms with van der Waals surface area (Å²) in [5, 5.41) is 20.4. The van der Waals surface area contributed by atoms with Gasteiger partial charge in [-0.25, -0.2) is 4.79 Å². The summed E-state index contributed by atoms with van der Waals surface area (Å²) in [7, 11) is 3.49. The van der Waals surface area contributed by atoms with Gasteiger partial charge in [-0.15, -0.1) is 0 Å². The van der Waals surface area contributed by atoms with Gasteiger partial charge in [-0.05, 0) is 24.3 Å². The summed E-state index contributed by atoms with van der Waals surface area (Å²) >= 11 is 0. The predicted octanol–water partition coefficient (Wildman–Crippen LogP) is 2.46. The molecular formula is C20H11O5Si. The van der Waals surface area contributed by atoms with E-state index < -0.39 is 11.6 Å². The molecule has 3 radical (unpaired) electrons. The fourth-order valence-electron chi connectivity index (χ4n) is 3.75. The van der Waals surface area contributed by atoms with Crippen molar-refractivity contribution in [1.82, 2.24) is 0 Å². The molecule has 125 valence electrons. The third-order valence-corrected chi connectivity index (χ3v) is 5.22. The number of carbonyl (C=O) groups is 1. The monoisotopic (exact) mass is 359 g/mol. The Hall–Kier alpha value is -3.25. The highest BCUT2D eigenvalue weighted by atomic mass is 28.1. The Morgan fingerprint density at radius 2 is 1.46 bits per heavy atom. The molecule has 26 heavy (non-hydrogen) atoms. The van der Waals surface area contributed by atoms with E-state index in [1.165, 1.54) is 24.3 Å².